The van der Waals surface area contributed by atoms with Crippen molar-refractivity contribution in [3.8, 4) is 5.88 Å². The molecule has 0 saturated carbocycles. The first-order chi connectivity index (χ1) is 15.7. The second-order valence-corrected chi connectivity index (χ2v) is 9.83. The first kappa shape index (κ1) is 25.7. The molecule has 3 heterocycles. The number of nitrogens with zero attached hydrogens (tertiary/aromatic N) is 2. The summed E-state index contributed by atoms with van der Waals surface area (Å²) in [5.74, 6) is 0.0158. The average Bonchev–Trinajstić information content (AvgIpc) is 2.78. The molecular formula is C23H29F2IN4O3. The summed E-state index contributed by atoms with van der Waals surface area (Å²) in [6.07, 6.45) is 8.30. The zero-order chi connectivity index (χ0) is 24.0. The molecule has 0 bridgehead atoms. The van der Waals surface area contributed by atoms with Crippen molar-refractivity contribution in [1.29, 1.82) is 0 Å². The predicted molar refractivity (Wildman–Crippen MR) is 131 cm³/mol. The van der Waals surface area contributed by atoms with Crippen molar-refractivity contribution in [2.24, 2.45) is 22.6 Å². The van der Waals surface area contributed by atoms with Crippen molar-refractivity contribution < 1.29 is 23.0 Å². The Labute approximate surface area is 206 Å². The van der Waals surface area contributed by atoms with Gasteiger partial charge in [0.15, 0.2) is 6.61 Å². The van der Waals surface area contributed by atoms with Crippen molar-refractivity contribution in [3.05, 3.63) is 46.9 Å². The van der Waals surface area contributed by atoms with Crippen molar-refractivity contribution in [2.45, 2.75) is 43.2 Å². The molecule has 0 radical (unpaired) electrons. The minimum atomic E-state index is -2.95. The van der Waals surface area contributed by atoms with E-state index >= 15 is 0 Å². The van der Waals surface area contributed by atoms with Gasteiger partial charge in [-0.15, -0.1) is 0 Å². The van der Waals surface area contributed by atoms with Crippen LogP contribution in [-0.2, 0) is 16.1 Å². The Morgan fingerprint density at radius 3 is 2.88 bits per heavy atom. The van der Waals surface area contributed by atoms with E-state index in [4.69, 9.17) is 15.2 Å². The van der Waals surface area contributed by atoms with Gasteiger partial charge < -0.3 is 20.5 Å². The fourth-order valence-corrected chi connectivity index (χ4v) is 4.03. The number of aryl methyl sites for hydroxylation is 1. The van der Waals surface area contributed by atoms with Crippen LogP contribution >= 0.6 is 22.6 Å². The van der Waals surface area contributed by atoms with E-state index in [0.717, 1.165) is 52.3 Å². The van der Waals surface area contributed by atoms with Gasteiger partial charge in [0.1, 0.15) is 5.78 Å². The van der Waals surface area contributed by atoms with Crippen molar-refractivity contribution in [1.82, 2.24) is 10.3 Å². The quantitative estimate of drug-likeness (QED) is 0.265. The smallest absolute Gasteiger partial charge is 0.329 e. The molecule has 0 amide bonds. The molecule has 180 valence electrons. The number of rotatable bonds is 9. The number of aliphatic imine (C=N–C) groups is 1. The number of carbonyl (C=O) groups excluding carboxylic acids is 1. The molecule has 7 nitrogen and oxygen atoms in total. The molecule has 1 aromatic rings. The molecule has 2 aliphatic heterocycles. The minimum absolute atomic E-state index is 0.00898. The van der Waals surface area contributed by atoms with Gasteiger partial charge in [0.2, 0.25) is 5.88 Å². The number of nitrogens with two attached hydrogens (primary N) is 1. The Bertz CT molecular complexity index is 940. The highest BCUT2D eigenvalue weighted by atomic mass is 127. The lowest BCUT2D eigenvalue weighted by atomic mass is 9.84. The molecule has 0 aliphatic carbocycles. The molecule has 33 heavy (non-hydrogen) atoms. The third kappa shape index (κ3) is 7.28. The Kier molecular flexibility index (Phi) is 8.94. The van der Waals surface area contributed by atoms with E-state index in [-0.39, 0.29) is 29.5 Å². The molecule has 1 aromatic heterocycles. The lowest BCUT2D eigenvalue weighted by Crippen LogP contribution is -2.36. The molecule has 2 atom stereocenters. The zero-order valence-corrected chi connectivity index (χ0v) is 20.8. The van der Waals surface area contributed by atoms with Crippen LogP contribution in [0.5, 0.6) is 5.88 Å². The maximum atomic E-state index is 13.0. The number of pyridine rings is 1. The van der Waals surface area contributed by atoms with Crippen molar-refractivity contribution >= 4 is 34.6 Å². The second kappa shape index (κ2) is 11.5. The zero-order valence-electron chi connectivity index (χ0n) is 18.7. The van der Waals surface area contributed by atoms with E-state index in [1.807, 2.05) is 13.0 Å². The molecule has 2 aliphatic rings. The standard InChI is InChI=1S/C23H29F2IN4O3/c1-14-9-16(11-30-22(14)33-13-23(24,25)26)10-28-12-18-19(27)3-6-29-20(18)15(2)21(31)17-4-7-32-8-5-17/h3,6,9,11-12,15,17,19,29H,4-5,7-8,10,13,27H2,1-2H3/t15-,19?/m0/s1. The van der Waals surface area contributed by atoms with Gasteiger partial charge in [0, 0.05) is 71.0 Å². The monoisotopic (exact) mass is 574 g/mol. The van der Waals surface area contributed by atoms with Gasteiger partial charge in [-0.3, -0.25) is 9.79 Å². The van der Waals surface area contributed by atoms with Crippen LogP contribution in [0.15, 0.2) is 40.8 Å². The summed E-state index contributed by atoms with van der Waals surface area (Å²) in [4.78, 5) is 21.7. The van der Waals surface area contributed by atoms with Crippen molar-refractivity contribution in [2.75, 3.05) is 19.8 Å². The average molecular weight is 574 g/mol. The lowest BCUT2D eigenvalue weighted by Gasteiger charge is -2.28. The highest BCUT2D eigenvalue weighted by Gasteiger charge is 2.30. The van der Waals surface area contributed by atoms with Crippen LogP contribution in [-0.4, -0.2) is 46.8 Å². The number of dihydropyridines is 1. The Balaban J connectivity index is 1.70. The van der Waals surface area contributed by atoms with Gasteiger partial charge in [-0.05, 0) is 50.6 Å². The van der Waals surface area contributed by atoms with Gasteiger partial charge in [0.05, 0.1) is 18.5 Å². The van der Waals surface area contributed by atoms with E-state index in [9.17, 15) is 13.6 Å². The summed E-state index contributed by atoms with van der Waals surface area (Å²) in [5, 5.41) is 3.20. The van der Waals surface area contributed by atoms with Crippen LogP contribution in [0.2, 0.25) is 0 Å². The molecule has 0 aromatic carbocycles. The number of hydrogen-bond acceptors (Lipinski definition) is 7. The van der Waals surface area contributed by atoms with Gasteiger partial charge >= 0.3 is 3.93 Å². The highest BCUT2D eigenvalue weighted by Crippen LogP contribution is 2.27. The molecule has 10 heteroatoms. The Hall–Kier alpha value is -1.92. The number of alkyl halides is 3. The second-order valence-electron chi connectivity index (χ2n) is 8.25. The van der Waals surface area contributed by atoms with Crippen LogP contribution in [0.3, 0.4) is 0 Å². The Morgan fingerprint density at radius 1 is 1.48 bits per heavy atom. The number of allylic oxidation sites excluding steroid dienone is 1. The fourth-order valence-electron chi connectivity index (χ4n) is 3.87. The summed E-state index contributed by atoms with van der Waals surface area (Å²) in [6, 6.07) is 1.43. The summed E-state index contributed by atoms with van der Waals surface area (Å²) < 4.78 is 33.5. The highest BCUT2D eigenvalue weighted by molar-refractivity contribution is 14.1. The maximum absolute atomic E-state index is 13.0. The molecular weight excluding hydrogens is 545 g/mol. The first-order valence-electron chi connectivity index (χ1n) is 10.8. The van der Waals surface area contributed by atoms with Crippen LogP contribution < -0.4 is 15.8 Å². The third-order valence-electron chi connectivity index (χ3n) is 5.66. The number of ketones is 1. The largest absolute Gasteiger partial charge is 0.470 e. The lowest BCUT2D eigenvalue weighted by molar-refractivity contribution is -0.128. The number of ether oxygens (including phenoxy) is 2. The number of hydrogen-bond donors (Lipinski definition) is 2. The van der Waals surface area contributed by atoms with Gasteiger partial charge in [0.25, 0.3) is 0 Å². The molecule has 1 unspecified atom stereocenters. The van der Waals surface area contributed by atoms with Gasteiger partial charge in [-0.25, -0.2) is 4.98 Å². The number of nitrogens with one attached hydrogen (secondary N) is 1. The van der Waals surface area contributed by atoms with E-state index in [0.29, 0.717) is 25.3 Å². The molecule has 1 saturated heterocycles. The van der Waals surface area contributed by atoms with Crippen LogP contribution in [0.1, 0.15) is 30.9 Å². The number of Topliss-reactive ketones (excluding diaryl/α,β-unsaturated/α-hetero) is 1. The van der Waals surface area contributed by atoms with E-state index < -0.39 is 10.5 Å². The van der Waals surface area contributed by atoms with Gasteiger partial charge in [-0.1, -0.05) is 0 Å². The van der Waals surface area contributed by atoms with Crippen LogP contribution in [0.4, 0.5) is 8.78 Å². The number of carbonyl (C=O) groups is 1. The summed E-state index contributed by atoms with van der Waals surface area (Å²) >= 11 is 1.03. The number of aromatic nitrogens is 1. The van der Waals surface area contributed by atoms with Crippen molar-refractivity contribution in [3.63, 3.8) is 0 Å². The minimum Gasteiger partial charge on any atom is -0.470 e. The summed E-state index contributed by atoms with van der Waals surface area (Å²) in [5.41, 5.74) is 9.26. The van der Waals surface area contributed by atoms with Gasteiger partial charge in [-0.2, -0.15) is 8.78 Å². The van der Waals surface area contributed by atoms with E-state index in [1.54, 1.807) is 31.6 Å². The predicted octanol–water partition coefficient (Wildman–Crippen LogP) is 3.70. The number of halogens is 3. The van der Waals surface area contributed by atoms with E-state index in [2.05, 4.69) is 15.3 Å². The third-order valence-corrected chi connectivity index (χ3v) is 5.97. The molecule has 1 fully saturated rings. The maximum Gasteiger partial charge on any atom is 0.329 e. The summed E-state index contributed by atoms with van der Waals surface area (Å²) in [6.45, 7) is 4.45. The summed E-state index contributed by atoms with van der Waals surface area (Å²) in [7, 11) is 0. The SMILES string of the molecule is Cc1cc(CN=CC2=C([C@H](C)C(=O)C3CCOCC3)NC=CC2N)cnc1OCC(F)(F)I. The first-order valence-corrected chi connectivity index (χ1v) is 11.9. The fraction of sp³-hybridized carbons (Fsp3) is 0.522. The van der Waals surface area contributed by atoms with Crippen LogP contribution in [0, 0.1) is 18.8 Å². The molecule has 3 N–H and O–H groups in total. The normalized spacial score (nSPS) is 20.7. The molecule has 0 spiro atoms. The molecule has 3 rings (SSSR count). The van der Waals surface area contributed by atoms with E-state index in [1.165, 1.54) is 0 Å². The Morgan fingerprint density at radius 2 is 2.21 bits per heavy atom. The van der Waals surface area contributed by atoms with Crippen LogP contribution in [0.25, 0.3) is 0 Å². The topological polar surface area (TPSA) is 98.8 Å².